The van der Waals surface area contributed by atoms with E-state index in [0.717, 1.165) is 0 Å². The van der Waals surface area contributed by atoms with E-state index in [0.29, 0.717) is 0 Å². The summed E-state index contributed by atoms with van der Waals surface area (Å²) in [5.74, 6) is 1.65. The summed E-state index contributed by atoms with van der Waals surface area (Å²) in [6, 6.07) is 9.55. The van der Waals surface area contributed by atoms with Gasteiger partial charge in [0.15, 0.2) is 0 Å². The van der Waals surface area contributed by atoms with Crippen LogP contribution in [0, 0.1) is 11.3 Å². The van der Waals surface area contributed by atoms with E-state index in [1.54, 1.807) is 24.1 Å². The molecule has 0 N–H and O–H groups in total. The number of sulfone groups is 1. The molecule has 0 saturated heterocycles. The average molecular weight is 233 g/mol. The van der Waals surface area contributed by atoms with E-state index in [-0.39, 0.29) is 22.6 Å². The molecule has 0 amide bonds. The lowest BCUT2D eigenvalue weighted by atomic mass is 10.3. The summed E-state index contributed by atoms with van der Waals surface area (Å²) in [7, 11) is -3.72. The smallest absolute Gasteiger partial charge is 0.208 e. The Hall–Kier alpha value is -1.89. The second-order valence-corrected chi connectivity index (χ2v) is 4.98. The van der Waals surface area contributed by atoms with Crippen molar-refractivity contribution in [3.05, 3.63) is 40.6 Å². The molecule has 0 aliphatic rings. The third kappa shape index (κ3) is 2.57. The summed E-state index contributed by atoms with van der Waals surface area (Å²) >= 11 is 0. The fourth-order valence-electron chi connectivity index (χ4n) is 1.16. The summed E-state index contributed by atoms with van der Waals surface area (Å²) in [5, 5.41) is 17.2. The van der Waals surface area contributed by atoms with E-state index in [1.165, 1.54) is 12.1 Å². The third-order valence-corrected chi connectivity index (χ3v) is 3.80. The molecule has 0 atom stereocenters. The second-order valence-electron chi connectivity index (χ2n) is 3.01. The number of allylic oxidation sites excluding steroid dienone is 1. The highest BCUT2D eigenvalue weighted by molar-refractivity contribution is 7.95. The first-order valence-corrected chi connectivity index (χ1v) is 6.04. The Balaban J connectivity index is 3.13. The van der Waals surface area contributed by atoms with Crippen molar-refractivity contribution in [2.45, 2.75) is 17.7 Å². The molecule has 1 aromatic carbocycles. The molecule has 0 unspecified atom stereocenters. The molecule has 0 fully saturated rings. The first-order chi connectivity index (χ1) is 7.62. The van der Waals surface area contributed by atoms with Gasteiger partial charge in [0.2, 0.25) is 9.84 Å². The molecule has 1 rings (SSSR count). The van der Waals surface area contributed by atoms with Gasteiger partial charge in [-0.3, -0.25) is 5.87 Å². The highest BCUT2D eigenvalue weighted by Crippen LogP contribution is 2.20. The third-order valence-electron chi connectivity index (χ3n) is 1.97. The Bertz CT molecular complexity index is 549. The lowest BCUT2D eigenvalue weighted by Gasteiger charge is -2.06. The minimum Gasteiger partial charge on any atom is -0.762 e. The van der Waals surface area contributed by atoms with Gasteiger partial charge in [-0.25, -0.2) is 8.42 Å². The van der Waals surface area contributed by atoms with Crippen LogP contribution in [0.5, 0.6) is 0 Å². The average Bonchev–Trinajstić information content (AvgIpc) is 2.31. The summed E-state index contributed by atoms with van der Waals surface area (Å²) in [4.78, 5) is -0.176. The number of nitrogens with zero attached hydrogens (tertiary/aromatic N) is 2. The number of nitriles is 1. The molecular formula is C11H9N2O2S-. The molecule has 0 aliphatic carbocycles. The maximum absolute atomic E-state index is 11.9. The summed E-state index contributed by atoms with van der Waals surface area (Å²) in [6.07, 6.45) is -0.0147. The van der Waals surface area contributed by atoms with Gasteiger partial charge in [-0.2, -0.15) is 5.26 Å². The van der Waals surface area contributed by atoms with Gasteiger partial charge in [-0.1, -0.05) is 18.2 Å². The molecule has 16 heavy (non-hydrogen) atoms. The molecule has 0 heterocycles. The van der Waals surface area contributed by atoms with E-state index >= 15 is 0 Å². The van der Waals surface area contributed by atoms with Crippen molar-refractivity contribution >= 4 is 15.7 Å². The van der Waals surface area contributed by atoms with Crippen LogP contribution in [0.25, 0.3) is 5.41 Å². The molecule has 0 saturated carbocycles. The van der Waals surface area contributed by atoms with Crippen LogP contribution >= 0.6 is 0 Å². The first kappa shape index (κ1) is 12.2. The predicted molar refractivity (Wildman–Crippen MR) is 60.4 cm³/mol. The minimum atomic E-state index is -3.72. The van der Waals surface area contributed by atoms with Crippen LogP contribution in [-0.2, 0) is 9.84 Å². The van der Waals surface area contributed by atoms with Gasteiger partial charge in [0, 0.05) is 12.8 Å². The molecule has 0 radical (unpaired) electrons. The van der Waals surface area contributed by atoms with Gasteiger partial charge < -0.3 is 5.41 Å². The van der Waals surface area contributed by atoms with E-state index in [9.17, 15) is 8.42 Å². The zero-order chi connectivity index (χ0) is 12.0. The fraction of sp³-hybridized carbons (Fsp3) is 0.182. The Morgan fingerprint density at radius 2 is 1.94 bits per heavy atom. The van der Waals surface area contributed by atoms with Crippen LogP contribution in [0.2, 0.25) is 0 Å². The molecule has 0 aliphatic heterocycles. The Labute approximate surface area is 94.3 Å². The van der Waals surface area contributed by atoms with Crippen LogP contribution in [-0.4, -0.2) is 14.3 Å². The second kappa shape index (κ2) is 5.26. The van der Waals surface area contributed by atoms with Crippen molar-refractivity contribution in [2.75, 3.05) is 0 Å². The lowest BCUT2D eigenvalue weighted by Crippen LogP contribution is -2.05. The number of benzene rings is 1. The fourth-order valence-corrected chi connectivity index (χ4v) is 2.45. The highest BCUT2D eigenvalue weighted by atomic mass is 32.2. The van der Waals surface area contributed by atoms with E-state index in [1.807, 2.05) is 6.07 Å². The zero-order valence-corrected chi connectivity index (χ0v) is 9.24. The van der Waals surface area contributed by atoms with E-state index in [2.05, 4.69) is 0 Å². The van der Waals surface area contributed by atoms with Crippen molar-refractivity contribution in [1.29, 1.82) is 5.26 Å². The quantitative estimate of drug-likeness (QED) is 0.745. The van der Waals surface area contributed by atoms with Crippen molar-refractivity contribution in [3.63, 3.8) is 0 Å². The molecule has 0 bridgehead atoms. The SMILES string of the molecule is N#CCCC(=C=[N-])S(=O)(=O)c1ccccc1. The van der Waals surface area contributed by atoms with E-state index in [4.69, 9.17) is 10.7 Å². The van der Waals surface area contributed by atoms with Gasteiger partial charge >= 0.3 is 0 Å². The first-order valence-electron chi connectivity index (χ1n) is 4.56. The molecule has 1 aromatic rings. The van der Waals surface area contributed by atoms with Gasteiger partial charge in [0.25, 0.3) is 0 Å². The maximum atomic E-state index is 11.9. The van der Waals surface area contributed by atoms with Crippen LogP contribution in [0.1, 0.15) is 12.8 Å². The predicted octanol–water partition coefficient (Wildman–Crippen LogP) is 1.89. The van der Waals surface area contributed by atoms with Crippen LogP contribution in [0.3, 0.4) is 0 Å². The standard InChI is InChI=1S/C11H9N2O2S/c12-8-4-7-11(9-13)16(14,15)10-5-2-1-3-6-10/h1-3,5-6H,4,7H2/q-1. The van der Waals surface area contributed by atoms with Gasteiger partial charge in [0.05, 0.1) is 15.9 Å². The monoisotopic (exact) mass is 233 g/mol. The number of hydrogen-bond donors (Lipinski definition) is 0. The minimum absolute atomic E-state index is 0.0228. The van der Waals surface area contributed by atoms with Crippen molar-refractivity contribution < 1.29 is 8.42 Å². The normalized spacial score (nSPS) is 10.2. The molecule has 0 spiro atoms. The Morgan fingerprint density at radius 1 is 1.31 bits per heavy atom. The number of rotatable bonds is 4. The Kier molecular flexibility index (Phi) is 4.01. The van der Waals surface area contributed by atoms with Crippen LogP contribution in [0.15, 0.2) is 40.1 Å². The number of hydrogen-bond acceptors (Lipinski definition) is 3. The topological polar surface area (TPSA) is 80.2 Å². The van der Waals surface area contributed by atoms with Gasteiger partial charge in [0.1, 0.15) is 0 Å². The molecule has 4 nitrogen and oxygen atoms in total. The zero-order valence-electron chi connectivity index (χ0n) is 8.42. The van der Waals surface area contributed by atoms with Gasteiger partial charge in [-0.15, -0.1) is 0 Å². The van der Waals surface area contributed by atoms with E-state index < -0.39 is 9.84 Å². The lowest BCUT2D eigenvalue weighted by molar-refractivity contribution is 0.601. The van der Waals surface area contributed by atoms with Crippen molar-refractivity contribution in [1.82, 2.24) is 0 Å². The molecule has 82 valence electrons. The Morgan fingerprint density at radius 3 is 2.44 bits per heavy atom. The molecule has 0 aromatic heterocycles. The van der Waals surface area contributed by atoms with Crippen LogP contribution in [0.4, 0.5) is 0 Å². The summed E-state index contributed by atoms with van der Waals surface area (Å²) in [6.45, 7) is 0. The maximum Gasteiger partial charge on any atom is 0.208 e. The van der Waals surface area contributed by atoms with Crippen LogP contribution < -0.4 is 0 Å². The molecule has 5 heteroatoms. The van der Waals surface area contributed by atoms with Crippen molar-refractivity contribution in [3.8, 4) is 6.07 Å². The largest absolute Gasteiger partial charge is 0.762 e. The molecular weight excluding hydrogens is 224 g/mol. The highest BCUT2D eigenvalue weighted by Gasteiger charge is 2.18. The summed E-state index contributed by atoms with van der Waals surface area (Å²) in [5.41, 5.74) is 0. The van der Waals surface area contributed by atoms with Gasteiger partial charge in [-0.05, 0) is 12.1 Å². The summed E-state index contributed by atoms with van der Waals surface area (Å²) < 4.78 is 23.8. The van der Waals surface area contributed by atoms with Crippen molar-refractivity contribution in [2.24, 2.45) is 0 Å².